The molecule has 17 heavy (non-hydrogen) atoms. The van der Waals surface area contributed by atoms with Crippen LogP contribution < -0.4 is 10.2 Å². The largest absolute Gasteiger partial charge is 0.493 e. The highest BCUT2D eigenvalue weighted by Crippen LogP contribution is 2.11. The van der Waals surface area contributed by atoms with Crippen molar-refractivity contribution in [1.82, 2.24) is 4.90 Å². The van der Waals surface area contributed by atoms with Gasteiger partial charge >= 0.3 is 7.12 Å². The van der Waals surface area contributed by atoms with Gasteiger partial charge in [-0.1, -0.05) is 6.07 Å². The van der Waals surface area contributed by atoms with Crippen LogP contribution in [0.15, 0.2) is 18.2 Å². The Bertz CT molecular complexity index is 361. The van der Waals surface area contributed by atoms with Crippen molar-refractivity contribution in [3.05, 3.63) is 24.0 Å². The number of rotatable bonds is 6. The van der Waals surface area contributed by atoms with Crippen LogP contribution in [-0.4, -0.2) is 49.3 Å². The van der Waals surface area contributed by atoms with Crippen LogP contribution in [0.1, 0.15) is 6.42 Å². The van der Waals surface area contributed by atoms with E-state index in [0.717, 1.165) is 19.0 Å². The van der Waals surface area contributed by atoms with Gasteiger partial charge in [-0.05, 0) is 26.6 Å². The van der Waals surface area contributed by atoms with Crippen LogP contribution >= 0.6 is 0 Å². The first-order valence-corrected chi connectivity index (χ1v) is 5.44. The topological polar surface area (TPSA) is 52.9 Å². The van der Waals surface area contributed by atoms with Crippen molar-refractivity contribution in [2.24, 2.45) is 0 Å². The molecular formula is C11H17BFNO3. The van der Waals surface area contributed by atoms with Crippen molar-refractivity contribution in [3.8, 4) is 5.75 Å². The number of nitrogens with zero attached hydrogens (tertiary/aromatic N) is 1. The minimum absolute atomic E-state index is 0.148. The van der Waals surface area contributed by atoms with Crippen LogP contribution in [0.4, 0.5) is 4.39 Å². The Balaban J connectivity index is 2.47. The summed E-state index contributed by atoms with van der Waals surface area (Å²) < 4.78 is 18.7. The lowest BCUT2D eigenvalue weighted by Crippen LogP contribution is -2.32. The molecule has 0 spiro atoms. The molecule has 0 saturated heterocycles. The molecule has 1 aromatic carbocycles. The molecule has 6 heteroatoms. The third-order valence-corrected chi connectivity index (χ3v) is 2.27. The molecule has 0 aliphatic heterocycles. The molecule has 0 aliphatic carbocycles. The molecular weight excluding hydrogens is 224 g/mol. The van der Waals surface area contributed by atoms with E-state index < -0.39 is 12.9 Å². The lowest BCUT2D eigenvalue weighted by atomic mass is 9.80. The Morgan fingerprint density at radius 3 is 2.59 bits per heavy atom. The summed E-state index contributed by atoms with van der Waals surface area (Å²) >= 11 is 0. The van der Waals surface area contributed by atoms with Gasteiger partial charge in [-0.2, -0.15) is 0 Å². The Morgan fingerprint density at radius 1 is 1.35 bits per heavy atom. The van der Waals surface area contributed by atoms with Gasteiger partial charge in [-0.25, -0.2) is 4.39 Å². The summed E-state index contributed by atoms with van der Waals surface area (Å²) in [5.74, 6) is -0.282. The molecule has 0 amide bonds. The minimum Gasteiger partial charge on any atom is -0.493 e. The Kier molecular flexibility index (Phi) is 5.41. The van der Waals surface area contributed by atoms with Crippen molar-refractivity contribution < 1.29 is 19.2 Å². The smallest absolute Gasteiger partial charge is 0.491 e. The molecule has 0 atom stereocenters. The average molecular weight is 241 g/mol. The van der Waals surface area contributed by atoms with Gasteiger partial charge in [-0.3, -0.25) is 0 Å². The Labute approximate surface area is 101 Å². The van der Waals surface area contributed by atoms with Crippen molar-refractivity contribution in [1.29, 1.82) is 0 Å². The van der Waals surface area contributed by atoms with Crippen molar-refractivity contribution in [2.45, 2.75) is 6.42 Å². The van der Waals surface area contributed by atoms with Crippen molar-refractivity contribution in [2.75, 3.05) is 27.2 Å². The third-order valence-electron chi connectivity index (χ3n) is 2.27. The maximum Gasteiger partial charge on any atom is 0.491 e. The Morgan fingerprint density at radius 2 is 2.06 bits per heavy atom. The fourth-order valence-corrected chi connectivity index (χ4v) is 1.38. The van der Waals surface area contributed by atoms with E-state index in [0.29, 0.717) is 12.4 Å². The molecule has 0 heterocycles. The standard InChI is InChI=1S/C11H17BFNO3/c1-14(2)6-3-7-17-9-4-5-10(12(15)16)11(13)8-9/h4-5,8,15-16H,3,6-7H2,1-2H3. The molecule has 1 rings (SSSR count). The van der Waals surface area contributed by atoms with E-state index in [1.54, 1.807) is 0 Å². The second kappa shape index (κ2) is 6.59. The molecule has 0 radical (unpaired) electrons. The van der Waals surface area contributed by atoms with E-state index in [9.17, 15) is 4.39 Å². The van der Waals surface area contributed by atoms with Crippen molar-refractivity contribution in [3.63, 3.8) is 0 Å². The van der Waals surface area contributed by atoms with Gasteiger partial charge < -0.3 is 19.7 Å². The monoisotopic (exact) mass is 241 g/mol. The molecule has 0 fully saturated rings. The molecule has 94 valence electrons. The van der Waals surface area contributed by atoms with Crippen LogP contribution in [0.2, 0.25) is 0 Å². The highest BCUT2D eigenvalue weighted by molar-refractivity contribution is 6.58. The summed E-state index contributed by atoms with van der Waals surface area (Å²) in [6, 6.07) is 3.99. The molecule has 1 aromatic rings. The number of hydrogen-bond acceptors (Lipinski definition) is 4. The zero-order valence-electron chi connectivity index (χ0n) is 10.1. The summed E-state index contributed by atoms with van der Waals surface area (Å²) in [5.41, 5.74) is -0.148. The van der Waals surface area contributed by atoms with Crippen LogP contribution in [0.3, 0.4) is 0 Å². The molecule has 0 saturated carbocycles. The Hall–Kier alpha value is -1.11. The van der Waals surface area contributed by atoms with E-state index in [1.807, 2.05) is 19.0 Å². The van der Waals surface area contributed by atoms with E-state index in [4.69, 9.17) is 14.8 Å². The fourth-order valence-electron chi connectivity index (χ4n) is 1.38. The van der Waals surface area contributed by atoms with Gasteiger partial charge in [0.15, 0.2) is 0 Å². The van der Waals surface area contributed by atoms with Crippen LogP contribution in [0.25, 0.3) is 0 Å². The number of benzene rings is 1. The molecule has 2 N–H and O–H groups in total. The summed E-state index contributed by atoms with van der Waals surface area (Å²) in [6.45, 7) is 1.40. The van der Waals surface area contributed by atoms with Gasteiger partial charge in [0.25, 0.3) is 0 Å². The summed E-state index contributed by atoms with van der Waals surface area (Å²) in [5, 5.41) is 17.7. The SMILES string of the molecule is CN(C)CCCOc1ccc(B(O)O)c(F)c1. The maximum atomic E-state index is 13.3. The first-order chi connectivity index (χ1) is 8.00. The minimum atomic E-state index is -1.79. The molecule has 0 aliphatic rings. The predicted molar refractivity (Wildman–Crippen MR) is 64.9 cm³/mol. The van der Waals surface area contributed by atoms with Gasteiger partial charge in [-0.15, -0.1) is 0 Å². The van der Waals surface area contributed by atoms with Gasteiger partial charge in [0.05, 0.1) is 6.61 Å². The normalized spacial score (nSPS) is 10.7. The lowest BCUT2D eigenvalue weighted by molar-refractivity contribution is 0.280. The molecule has 4 nitrogen and oxygen atoms in total. The zero-order valence-corrected chi connectivity index (χ0v) is 10.1. The van der Waals surface area contributed by atoms with Gasteiger partial charge in [0.2, 0.25) is 0 Å². The number of halogens is 1. The number of ether oxygens (including phenoxy) is 1. The second-order valence-corrected chi connectivity index (χ2v) is 4.06. The fraction of sp³-hybridized carbons (Fsp3) is 0.455. The van der Waals surface area contributed by atoms with Gasteiger partial charge in [0, 0.05) is 18.1 Å². The highest BCUT2D eigenvalue weighted by Gasteiger charge is 2.16. The predicted octanol–water partition coefficient (Wildman–Crippen LogP) is -0.164. The molecule has 0 unspecified atom stereocenters. The van der Waals surface area contributed by atoms with E-state index in [1.165, 1.54) is 12.1 Å². The van der Waals surface area contributed by atoms with Crippen molar-refractivity contribution >= 4 is 12.6 Å². The zero-order chi connectivity index (χ0) is 12.8. The van der Waals surface area contributed by atoms with Crippen LogP contribution in [0.5, 0.6) is 5.75 Å². The highest BCUT2D eigenvalue weighted by atomic mass is 19.1. The first-order valence-electron chi connectivity index (χ1n) is 5.44. The molecule has 0 bridgehead atoms. The quantitative estimate of drug-likeness (QED) is 0.536. The van der Waals surface area contributed by atoms with Crippen LogP contribution in [0, 0.1) is 5.82 Å². The third kappa shape index (κ3) is 4.72. The second-order valence-electron chi connectivity index (χ2n) is 4.06. The summed E-state index contributed by atoms with van der Waals surface area (Å²) in [6.07, 6.45) is 0.846. The van der Waals surface area contributed by atoms with E-state index >= 15 is 0 Å². The summed E-state index contributed by atoms with van der Waals surface area (Å²) in [7, 11) is 2.14. The first kappa shape index (κ1) is 14.0. The number of hydrogen-bond donors (Lipinski definition) is 2. The maximum absolute atomic E-state index is 13.3. The average Bonchev–Trinajstić information content (AvgIpc) is 2.23. The van der Waals surface area contributed by atoms with E-state index in [2.05, 4.69) is 0 Å². The lowest BCUT2D eigenvalue weighted by Gasteiger charge is -2.11. The van der Waals surface area contributed by atoms with E-state index in [-0.39, 0.29) is 5.46 Å². The molecule has 0 aromatic heterocycles. The van der Waals surface area contributed by atoms with Gasteiger partial charge in [0.1, 0.15) is 11.6 Å². The van der Waals surface area contributed by atoms with Crippen LogP contribution in [-0.2, 0) is 0 Å². The summed E-state index contributed by atoms with van der Waals surface area (Å²) in [4.78, 5) is 2.04.